The zero-order valence-corrected chi connectivity index (χ0v) is 10.9. The van der Waals surface area contributed by atoms with Gasteiger partial charge in [-0.1, -0.05) is 22.0 Å². The fraction of sp³-hybridized carbons (Fsp3) is 0.0769. The van der Waals surface area contributed by atoms with E-state index in [0.29, 0.717) is 12.3 Å². The molecule has 0 unspecified atom stereocenters. The third-order valence-electron chi connectivity index (χ3n) is 2.37. The average molecular weight is 314 g/mol. The molecule has 0 atom stereocenters. The van der Waals surface area contributed by atoms with Gasteiger partial charge in [0.1, 0.15) is 11.5 Å². The number of hydrogen-bond donors (Lipinski definition) is 1. The lowest BCUT2D eigenvalue weighted by atomic mass is 10.2. The standard InChI is InChI=1S/C13H10BrF2NO/c14-11-5-9(2-1-8(11)7-17)18-10-3-4-12(15)13(16)6-10/h1-6H,7,17H2. The second kappa shape index (κ2) is 5.46. The lowest BCUT2D eigenvalue weighted by Crippen LogP contribution is -1.97. The molecule has 0 aromatic heterocycles. The summed E-state index contributed by atoms with van der Waals surface area (Å²) in [7, 11) is 0. The maximum Gasteiger partial charge on any atom is 0.162 e. The summed E-state index contributed by atoms with van der Waals surface area (Å²) in [4.78, 5) is 0. The van der Waals surface area contributed by atoms with Gasteiger partial charge < -0.3 is 10.5 Å². The van der Waals surface area contributed by atoms with E-state index in [-0.39, 0.29) is 5.75 Å². The van der Waals surface area contributed by atoms with Crippen LogP contribution in [0.4, 0.5) is 8.78 Å². The predicted octanol–water partition coefficient (Wildman–Crippen LogP) is 3.98. The van der Waals surface area contributed by atoms with Crippen molar-refractivity contribution in [3.63, 3.8) is 0 Å². The number of nitrogens with two attached hydrogens (primary N) is 1. The van der Waals surface area contributed by atoms with Gasteiger partial charge in [0.2, 0.25) is 0 Å². The summed E-state index contributed by atoms with van der Waals surface area (Å²) in [6.07, 6.45) is 0. The van der Waals surface area contributed by atoms with Crippen molar-refractivity contribution in [1.82, 2.24) is 0 Å². The average Bonchev–Trinajstić information content (AvgIpc) is 2.34. The highest BCUT2D eigenvalue weighted by Crippen LogP contribution is 2.27. The number of halogens is 3. The van der Waals surface area contributed by atoms with E-state index in [0.717, 1.165) is 22.2 Å². The van der Waals surface area contributed by atoms with Crippen molar-refractivity contribution < 1.29 is 13.5 Å². The van der Waals surface area contributed by atoms with Crippen LogP contribution >= 0.6 is 15.9 Å². The molecule has 5 heteroatoms. The van der Waals surface area contributed by atoms with Crippen molar-refractivity contribution in [1.29, 1.82) is 0 Å². The molecule has 0 heterocycles. The van der Waals surface area contributed by atoms with E-state index in [1.54, 1.807) is 18.2 Å². The fourth-order valence-electron chi connectivity index (χ4n) is 1.43. The van der Waals surface area contributed by atoms with Gasteiger partial charge >= 0.3 is 0 Å². The summed E-state index contributed by atoms with van der Waals surface area (Å²) in [5, 5.41) is 0. The zero-order chi connectivity index (χ0) is 13.1. The number of hydrogen-bond acceptors (Lipinski definition) is 2. The predicted molar refractivity (Wildman–Crippen MR) is 68.5 cm³/mol. The summed E-state index contributed by atoms with van der Waals surface area (Å²) in [6, 6.07) is 8.63. The number of benzene rings is 2. The monoisotopic (exact) mass is 313 g/mol. The zero-order valence-electron chi connectivity index (χ0n) is 9.29. The Bertz CT molecular complexity index is 575. The second-order valence-electron chi connectivity index (χ2n) is 3.64. The van der Waals surface area contributed by atoms with Crippen LogP contribution in [0, 0.1) is 11.6 Å². The SMILES string of the molecule is NCc1ccc(Oc2ccc(F)c(F)c2)cc1Br. The van der Waals surface area contributed by atoms with E-state index < -0.39 is 11.6 Å². The van der Waals surface area contributed by atoms with E-state index in [2.05, 4.69) is 15.9 Å². The van der Waals surface area contributed by atoms with Gasteiger partial charge in [0.15, 0.2) is 11.6 Å². The Morgan fingerprint density at radius 1 is 1.00 bits per heavy atom. The van der Waals surface area contributed by atoms with Crippen molar-refractivity contribution >= 4 is 15.9 Å². The molecule has 0 amide bonds. The van der Waals surface area contributed by atoms with Crippen LogP contribution in [0.2, 0.25) is 0 Å². The first-order chi connectivity index (χ1) is 8.60. The molecular weight excluding hydrogens is 304 g/mol. The first-order valence-electron chi connectivity index (χ1n) is 5.21. The molecule has 0 fully saturated rings. The molecule has 0 bridgehead atoms. The first kappa shape index (κ1) is 13.0. The third-order valence-corrected chi connectivity index (χ3v) is 3.11. The van der Waals surface area contributed by atoms with Gasteiger partial charge in [-0.05, 0) is 29.8 Å². The molecule has 2 aromatic rings. The summed E-state index contributed by atoms with van der Waals surface area (Å²) in [5.41, 5.74) is 6.47. The quantitative estimate of drug-likeness (QED) is 0.930. The summed E-state index contributed by atoms with van der Waals surface area (Å²) < 4.78 is 32.0. The van der Waals surface area contributed by atoms with Crippen LogP contribution in [0.1, 0.15) is 5.56 Å². The summed E-state index contributed by atoms with van der Waals surface area (Å²) in [5.74, 6) is -1.08. The molecule has 18 heavy (non-hydrogen) atoms. The summed E-state index contributed by atoms with van der Waals surface area (Å²) in [6.45, 7) is 0.409. The Balaban J connectivity index is 2.23. The molecule has 2 rings (SSSR count). The van der Waals surface area contributed by atoms with Gasteiger partial charge in [-0.15, -0.1) is 0 Å². The maximum absolute atomic E-state index is 13.0. The van der Waals surface area contributed by atoms with Crippen LogP contribution in [0.15, 0.2) is 40.9 Å². The molecule has 94 valence electrons. The van der Waals surface area contributed by atoms with E-state index >= 15 is 0 Å². The Morgan fingerprint density at radius 2 is 1.67 bits per heavy atom. The molecule has 0 aliphatic carbocycles. The Hall–Kier alpha value is -1.46. The number of ether oxygens (including phenoxy) is 1. The lowest BCUT2D eigenvalue weighted by molar-refractivity contribution is 0.461. The molecule has 2 nitrogen and oxygen atoms in total. The van der Waals surface area contributed by atoms with Crippen LogP contribution in [-0.4, -0.2) is 0 Å². The normalized spacial score (nSPS) is 10.4. The molecule has 0 spiro atoms. The molecule has 2 N–H and O–H groups in total. The smallest absolute Gasteiger partial charge is 0.162 e. The first-order valence-corrected chi connectivity index (χ1v) is 6.01. The van der Waals surface area contributed by atoms with Crippen LogP contribution in [0.5, 0.6) is 11.5 Å². The van der Waals surface area contributed by atoms with Crippen LogP contribution in [-0.2, 0) is 6.54 Å². The van der Waals surface area contributed by atoms with Gasteiger partial charge in [-0.25, -0.2) is 8.78 Å². The Morgan fingerprint density at radius 3 is 2.28 bits per heavy atom. The second-order valence-corrected chi connectivity index (χ2v) is 4.49. The van der Waals surface area contributed by atoms with Crippen LogP contribution in [0.3, 0.4) is 0 Å². The molecule has 0 radical (unpaired) electrons. The van der Waals surface area contributed by atoms with E-state index in [1.165, 1.54) is 6.07 Å². The van der Waals surface area contributed by atoms with E-state index in [4.69, 9.17) is 10.5 Å². The van der Waals surface area contributed by atoms with Crippen molar-refractivity contribution in [2.24, 2.45) is 5.73 Å². The highest BCUT2D eigenvalue weighted by Gasteiger charge is 2.05. The Labute approximate surface area is 112 Å². The van der Waals surface area contributed by atoms with Crippen LogP contribution in [0.25, 0.3) is 0 Å². The highest BCUT2D eigenvalue weighted by molar-refractivity contribution is 9.10. The van der Waals surface area contributed by atoms with Gasteiger partial charge in [-0.2, -0.15) is 0 Å². The molecule has 0 aliphatic rings. The molecule has 0 saturated carbocycles. The maximum atomic E-state index is 13.0. The third kappa shape index (κ3) is 2.86. The molecule has 0 saturated heterocycles. The lowest BCUT2D eigenvalue weighted by Gasteiger charge is -2.08. The van der Waals surface area contributed by atoms with Crippen LogP contribution < -0.4 is 10.5 Å². The minimum Gasteiger partial charge on any atom is -0.457 e. The van der Waals surface area contributed by atoms with E-state index in [9.17, 15) is 8.78 Å². The number of rotatable bonds is 3. The minimum atomic E-state index is -0.940. The minimum absolute atomic E-state index is 0.237. The summed E-state index contributed by atoms with van der Waals surface area (Å²) >= 11 is 3.35. The van der Waals surface area contributed by atoms with Crippen molar-refractivity contribution in [2.45, 2.75) is 6.54 Å². The molecular formula is C13H10BrF2NO. The topological polar surface area (TPSA) is 35.2 Å². The van der Waals surface area contributed by atoms with Gasteiger partial charge in [0.25, 0.3) is 0 Å². The van der Waals surface area contributed by atoms with Crippen molar-refractivity contribution in [3.8, 4) is 11.5 Å². The van der Waals surface area contributed by atoms with Gasteiger partial charge in [-0.3, -0.25) is 0 Å². The molecule has 2 aromatic carbocycles. The van der Waals surface area contributed by atoms with Gasteiger partial charge in [0.05, 0.1) is 0 Å². The van der Waals surface area contributed by atoms with Gasteiger partial charge in [0, 0.05) is 17.1 Å². The molecule has 0 aliphatic heterocycles. The fourth-order valence-corrected chi connectivity index (χ4v) is 1.95. The largest absolute Gasteiger partial charge is 0.457 e. The van der Waals surface area contributed by atoms with Crippen molar-refractivity contribution in [3.05, 3.63) is 58.1 Å². The van der Waals surface area contributed by atoms with Crippen molar-refractivity contribution in [2.75, 3.05) is 0 Å². The highest BCUT2D eigenvalue weighted by atomic mass is 79.9. The Kier molecular flexibility index (Phi) is 3.93. The van der Waals surface area contributed by atoms with E-state index in [1.807, 2.05) is 0 Å².